The lowest BCUT2D eigenvalue weighted by Gasteiger charge is -2.36. The number of nitrogens with zero attached hydrogens (tertiary/aromatic N) is 3. The van der Waals surface area contributed by atoms with E-state index in [4.69, 9.17) is 4.74 Å². The first-order valence-corrected chi connectivity index (χ1v) is 10.4. The van der Waals surface area contributed by atoms with Gasteiger partial charge in [0.25, 0.3) is 0 Å². The number of ether oxygens (including phenoxy) is 1. The second kappa shape index (κ2) is 9.80. The molecule has 6 heteroatoms. The lowest BCUT2D eigenvalue weighted by Crippen LogP contribution is -2.46. The average molecular weight is 415 g/mol. The molecule has 1 N–H and O–H groups in total. The minimum absolute atomic E-state index is 0.200. The number of benzene rings is 2. The summed E-state index contributed by atoms with van der Waals surface area (Å²) in [4.78, 5) is 21.4. The van der Waals surface area contributed by atoms with E-state index in [0.717, 1.165) is 43.3 Å². The number of piperazine rings is 1. The maximum Gasteiger partial charge on any atom is 0.248 e. The fourth-order valence-electron chi connectivity index (χ4n) is 3.58. The third kappa shape index (κ3) is 5.42. The zero-order valence-corrected chi connectivity index (χ0v) is 17.6. The molecule has 1 fully saturated rings. The van der Waals surface area contributed by atoms with E-state index in [1.807, 2.05) is 42.5 Å². The van der Waals surface area contributed by atoms with Gasteiger partial charge in [0.05, 0.1) is 19.0 Å². The highest BCUT2D eigenvalue weighted by Gasteiger charge is 2.18. The van der Waals surface area contributed by atoms with Gasteiger partial charge in [-0.1, -0.05) is 30.3 Å². The Morgan fingerprint density at radius 2 is 1.74 bits per heavy atom. The molecule has 2 heterocycles. The maximum absolute atomic E-state index is 12.2. The van der Waals surface area contributed by atoms with Crippen molar-refractivity contribution in [3.05, 3.63) is 84.6 Å². The molecule has 0 atom stereocenters. The smallest absolute Gasteiger partial charge is 0.248 e. The van der Waals surface area contributed by atoms with Gasteiger partial charge in [-0.3, -0.25) is 4.79 Å². The number of rotatable bonds is 6. The SMILES string of the molecule is COc1cccc(/C=C/C(=O)Nc2ccc(N3CCN(c4ccccc4)CC3)nc2)c1. The van der Waals surface area contributed by atoms with Gasteiger partial charge in [-0.25, -0.2) is 4.98 Å². The number of hydrogen-bond acceptors (Lipinski definition) is 5. The van der Waals surface area contributed by atoms with Crippen LogP contribution in [0, 0.1) is 0 Å². The summed E-state index contributed by atoms with van der Waals surface area (Å²) in [6.07, 6.45) is 4.97. The van der Waals surface area contributed by atoms with E-state index in [-0.39, 0.29) is 5.91 Å². The van der Waals surface area contributed by atoms with Crippen LogP contribution in [0.3, 0.4) is 0 Å². The minimum Gasteiger partial charge on any atom is -0.497 e. The summed E-state index contributed by atoms with van der Waals surface area (Å²) < 4.78 is 5.20. The molecule has 4 rings (SSSR count). The molecular weight excluding hydrogens is 388 g/mol. The second-order valence-electron chi connectivity index (χ2n) is 7.31. The summed E-state index contributed by atoms with van der Waals surface area (Å²) in [5, 5.41) is 2.85. The molecule has 0 spiro atoms. The quantitative estimate of drug-likeness (QED) is 0.616. The van der Waals surface area contributed by atoms with E-state index in [1.54, 1.807) is 19.4 Å². The highest BCUT2D eigenvalue weighted by atomic mass is 16.5. The van der Waals surface area contributed by atoms with Crippen LogP contribution in [0.15, 0.2) is 79.0 Å². The van der Waals surface area contributed by atoms with Crippen molar-refractivity contribution in [3.63, 3.8) is 0 Å². The van der Waals surface area contributed by atoms with Crippen molar-refractivity contribution in [3.8, 4) is 5.75 Å². The van der Waals surface area contributed by atoms with Crippen molar-refractivity contribution in [2.24, 2.45) is 0 Å². The standard InChI is InChI=1S/C25H26N4O2/c1-31-23-9-5-6-20(18-23)10-13-25(30)27-21-11-12-24(26-19-21)29-16-14-28(15-17-29)22-7-3-2-4-8-22/h2-13,18-19H,14-17H2,1H3,(H,27,30)/b13-10+. The van der Waals surface area contributed by atoms with Crippen LogP contribution in [-0.2, 0) is 4.79 Å². The Hall–Kier alpha value is -3.80. The largest absolute Gasteiger partial charge is 0.497 e. The maximum atomic E-state index is 12.2. The zero-order valence-electron chi connectivity index (χ0n) is 17.6. The van der Waals surface area contributed by atoms with Crippen LogP contribution < -0.4 is 19.9 Å². The van der Waals surface area contributed by atoms with Gasteiger partial charge in [-0.15, -0.1) is 0 Å². The molecular formula is C25H26N4O2. The zero-order chi connectivity index (χ0) is 21.5. The molecule has 0 bridgehead atoms. The molecule has 1 amide bonds. The summed E-state index contributed by atoms with van der Waals surface area (Å²) in [5.74, 6) is 1.48. The molecule has 3 aromatic rings. The predicted molar refractivity (Wildman–Crippen MR) is 126 cm³/mol. The summed E-state index contributed by atoms with van der Waals surface area (Å²) in [6, 6.07) is 21.9. The van der Waals surface area contributed by atoms with Gasteiger partial charge in [-0.05, 0) is 48.0 Å². The molecule has 1 aliphatic heterocycles. The van der Waals surface area contributed by atoms with Crippen molar-refractivity contribution in [1.29, 1.82) is 0 Å². The van der Waals surface area contributed by atoms with Crippen molar-refractivity contribution in [2.45, 2.75) is 0 Å². The number of nitrogens with one attached hydrogen (secondary N) is 1. The van der Waals surface area contributed by atoms with Gasteiger partial charge in [0.15, 0.2) is 0 Å². The molecule has 6 nitrogen and oxygen atoms in total. The summed E-state index contributed by atoms with van der Waals surface area (Å²) >= 11 is 0. The third-order valence-corrected chi connectivity index (χ3v) is 5.26. The first-order valence-electron chi connectivity index (χ1n) is 10.4. The van der Waals surface area contributed by atoms with E-state index in [2.05, 4.69) is 44.4 Å². The van der Waals surface area contributed by atoms with E-state index >= 15 is 0 Å². The topological polar surface area (TPSA) is 57.7 Å². The lowest BCUT2D eigenvalue weighted by atomic mass is 10.2. The Balaban J connectivity index is 1.30. The van der Waals surface area contributed by atoms with Crippen molar-refractivity contribution >= 4 is 29.2 Å². The number of carbonyl (C=O) groups is 1. The van der Waals surface area contributed by atoms with Crippen LogP contribution in [0.1, 0.15) is 5.56 Å². The molecule has 1 aliphatic rings. The monoisotopic (exact) mass is 414 g/mol. The summed E-state index contributed by atoms with van der Waals surface area (Å²) in [7, 11) is 1.62. The molecule has 158 valence electrons. The number of methoxy groups -OCH3 is 1. The van der Waals surface area contributed by atoms with Crippen LogP contribution in [0.5, 0.6) is 5.75 Å². The molecule has 0 saturated carbocycles. The summed E-state index contributed by atoms with van der Waals surface area (Å²) in [6.45, 7) is 3.74. The van der Waals surface area contributed by atoms with Crippen LogP contribution in [-0.4, -0.2) is 44.2 Å². The van der Waals surface area contributed by atoms with Gasteiger partial charge in [0, 0.05) is 37.9 Å². The van der Waals surface area contributed by atoms with Crippen molar-refractivity contribution in [1.82, 2.24) is 4.98 Å². The number of pyridine rings is 1. The van der Waals surface area contributed by atoms with Gasteiger partial charge in [0.2, 0.25) is 5.91 Å². The average Bonchev–Trinajstić information content (AvgIpc) is 2.84. The van der Waals surface area contributed by atoms with Gasteiger partial charge in [-0.2, -0.15) is 0 Å². The number of amides is 1. The number of aromatic nitrogens is 1. The normalized spacial score (nSPS) is 14.0. The van der Waals surface area contributed by atoms with E-state index in [0.29, 0.717) is 5.69 Å². The van der Waals surface area contributed by atoms with E-state index < -0.39 is 0 Å². The van der Waals surface area contributed by atoms with Gasteiger partial charge in [0.1, 0.15) is 11.6 Å². The molecule has 31 heavy (non-hydrogen) atoms. The Morgan fingerprint density at radius 1 is 0.968 bits per heavy atom. The number of anilines is 3. The molecule has 0 radical (unpaired) electrons. The van der Waals surface area contributed by atoms with Gasteiger partial charge < -0.3 is 19.9 Å². The van der Waals surface area contributed by atoms with Crippen molar-refractivity contribution < 1.29 is 9.53 Å². The van der Waals surface area contributed by atoms with Crippen LogP contribution in [0.2, 0.25) is 0 Å². The molecule has 1 aromatic heterocycles. The lowest BCUT2D eigenvalue weighted by molar-refractivity contribution is -0.111. The first kappa shape index (κ1) is 20.5. The Bertz CT molecular complexity index is 1030. The fraction of sp³-hybridized carbons (Fsp3) is 0.200. The Morgan fingerprint density at radius 3 is 2.45 bits per heavy atom. The molecule has 0 aliphatic carbocycles. The molecule has 0 unspecified atom stereocenters. The number of hydrogen-bond donors (Lipinski definition) is 1. The Labute approximate surface area is 182 Å². The second-order valence-corrected chi connectivity index (χ2v) is 7.31. The molecule has 2 aromatic carbocycles. The van der Waals surface area contributed by atoms with Crippen molar-refractivity contribution in [2.75, 3.05) is 48.4 Å². The first-order chi connectivity index (χ1) is 15.2. The highest BCUT2D eigenvalue weighted by molar-refractivity contribution is 6.01. The fourth-order valence-corrected chi connectivity index (χ4v) is 3.58. The van der Waals surface area contributed by atoms with E-state index in [1.165, 1.54) is 11.8 Å². The van der Waals surface area contributed by atoms with Crippen LogP contribution >= 0.6 is 0 Å². The van der Waals surface area contributed by atoms with Crippen LogP contribution in [0.25, 0.3) is 6.08 Å². The number of para-hydroxylation sites is 1. The predicted octanol–water partition coefficient (Wildman–Crippen LogP) is 4.07. The summed E-state index contributed by atoms with van der Waals surface area (Å²) in [5.41, 5.74) is 2.83. The minimum atomic E-state index is -0.200. The molecule has 1 saturated heterocycles. The van der Waals surface area contributed by atoms with E-state index in [9.17, 15) is 4.79 Å². The Kier molecular flexibility index (Phi) is 6.47. The highest BCUT2D eigenvalue weighted by Crippen LogP contribution is 2.20. The van der Waals surface area contributed by atoms with Crippen LogP contribution in [0.4, 0.5) is 17.2 Å². The number of carbonyl (C=O) groups excluding carboxylic acids is 1. The third-order valence-electron chi connectivity index (χ3n) is 5.26. The van der Waals surface area contributed by atoms with Gasteiger partial charge >= 0.3 is 0 Å².